The maximum atomic E-state index is 9.76. The molecule has 0 saturated carbocycles. The van der Waals surface area contributed by atoms with Crippen LogP contribution in [0.5, 0.6) is 0 Å². The molecule has 2 aromatic heterocycles. The number of benzene rings is 8. The van der Waals surface area contributed by atoms with Crippen molar-refractivity contribution in [3.63, 3.8) is 0 Å². The summed E-state index contributed by atoms with van der Waals surface area (Å²) in [4.78, 5) is 0. The van der Waals surface area contributed by atoms with Crippen molar-refractivity contribution < 1.29 is 17.8 Å². The lowest BCUT2D eigenvalue weighted by Crippen LogP contribution is -1.94. The van der Waals surface area contributed by atoms with Gasteiger partial charge in [0.25, 0.3) is 0 Å². The molecule has 0 bridgehead atoms. The van der Waals surface area contributed by atoms with E-state index in [-0.39, 0.29) is 72.9 Å². The predicted molar refractivity (Wildman–Crippen MR) is 211 cm³/mol. The van der Waals surface area contributed by atoms with E-state index in [0.29, 0.717) is 11.4 Å². The molecular weight excluding hydrogens is 605 g/mol. The third kappa shape index (κ3) is 4.57. The zero-order valence-electron chi connectivity index (χ0n) is 39.4. The van der Waals surface area contributed by atoms with Crippen molar-refractivity contribution in [3.05, 3.63) is 194 Å². The summed E-state index contributed by atoms with van der Waals surface area (Å²) in [5.41, 5.74) is 4.65. The third-order valence-corrected chi connectivity index (χ3v) is 9.11. The molecule has 8 aromatic carbocycles. The molecule has 0 radical (unpaired) electrons. The minimum Gasteiger partial charge on any atom is -0.309 e. The second kappa shape index (κ2) is 11.5. The van der Waals surface area contributed by atoms with Gasteiger partial charge in [-0.1, -0.05) is 133 Å². The summed E-state index contributed by atoms with van der Waals surface area (Å²) in [7, 11) is 0. The van der Waals surface area contributed by atoms with Crippen molar-refractivity contribution in [2.75, 3.05) is 0 Å². The van der Waals surface area contributed by atoms with E-state index in [2.05, 4.69) is 0 Å². The molecular formula is C48H32N2. The van der Waals surface area contributed by atoms with E-state index < -0.39 is 60.4 Å². The van der Waals surface area contributed by atoms with Crippen LogP contribution < -0.4 is 0 Å². The van der Waals surface area contributed by atoms with Crippen molar-refractivity contribution in [3.8, 4) is 44.8 Å². The molecule has 0 fully saturated rings. The quantitative estimate of drug-likeness (QED) is 0.176. The van der Waals surface area contributed by atoms with E-state index in [4.69, 9.17) is 11.0 Å². The number of nitrogens with zero attached hydrogens (tertiary/aromatic N) is 2. The van der Waals surface area contributed by atoms with E-state index in [1.54, 1.807) is 47.0 Å². The topological polar surface area (TPSA) is 9.86 Å². The number of hydrogen-bond donors (Lipinski definition) is 0. The van der Waals surface area contributed by atoms with Crippen LogP contribution in [-0.2, 0) is 0 Å². The number of aromatic nitrogens is 2. The first-order chi connectivity index (χ1) is 30.2. The maximum absolute atomic E-state index is 9.76. The zero-order chi connectivity index (χ0) is 44.3. The standard InChI is InChI=1S/C48H32N2/c1-3-11-33(12-4-1)34-19-21-35(22-20-34)36-23-27-40(28-24-36)50-46-18-10-8-16-42(46)44-32-38(26-30-48(44)50)37-25-29-47-43(31-37)41-15-7-9-17-45(41)49(47)39-13-5-2-6-14-39/h1-32H/i7D,8D,9D,10D,15D,16D,17D,18D,25D,29D,30D,31D,32D. The van der Waals surface area contributed by atoms with Gasteiger partial charge in [-0.25, -0.2) is 0 Å². The molecule has 0 aliphatic carbocycles. The highest BCUT2D eigenvalue weighted by Gasteiger charge is 2.16. The molecule has 2 heteroatoms. The number of rotatable bonds is 5. The van der Waals surface area contributed by atoms with Crippen molar-refractivity contribution in [1.29, 1.82) is 0 Å². The molecule has 2 nitrogen and oxygen atoms in total. The number of para-hydroxylation sites is 3. The van der Waals surface area contributed by atoms with E-state index >= 15 is 0 Å². The summed E-state index contributed by atoms with van der Waals surface area (Å²) in [5, 5.41) is -0.127. The first-order valence-corrected chi connectivity index (χ1v) is 16.1. The minimum absolute atomic E-state index is 0.00181. The van der Waals surface area contributed by atoms with Crippen LogP contribution in [-0.4, -0.2) is 9.13 Å². The summed E-state index contributed by atoms with van der Waals surface area (Å²) in [6, 6.07) is 29.7. The molecule has 10 aromatic rings. The molecule has 10 rings (SSSR count). The van der Waals surface area contributed by atoms with Gasteiger partial charge in [0, 0.05) is 32.9 Å². The van der Waals surface area contributed by atoms with Crippen LogP contribution in [0.4, 0.5) is 0 Å². The summed E-state index contributed by atoms with van der Waals surface area (Å²) >= 11 is 0. The Labute approximate surface area is 309 Å². The van der Waals surface area contributed by atoms with E-state index in [0.717, 1.165) is 22.3 Å². The summed E-state index contributed by atoms with van der Waals surface area (Å²) < 4.78 is 121. The Morgan fingerprint density at radius 1 is 0.300 bits per heavy atom. The lowest BCUT2D eigenvalue weighted by molar-refractivity contribution is 1.18. The lowest BCUT2D eigenvalue weighted by atomic mass is 10.00. The van der Waals surface area contributed by atoms with Gasteiger partial charge in [-0.2, -0.15) is 0 Å². The van der Waals surface area contributed by atoms with Crippen molar-refractivity contribution in [1.82, 2.24) is 9.13 Å². The van der Waals surface area contributed by atoms with Crippen molar-refractivity contribution in [2.45, 2.75) is 0 Å². The molecule has 50 heavy (non-hydrogen) atoms. The molecule has 234 valence electrons. The van der Waals surface area contributed by atoms with Crippen LogP contribution in [0.25, 0.3) is 88.4 Å². The predicted octanol–water partition coefficient (Wildman–Crippen LogP) is 12.9. The summed E-state index contributed by atoms with van der Waals surface area (Å²) in [6.07, 6.45) is 0. The Kier molecular flexibility index (Phi) is 4.19. The summed E-state index contributed by atoms with van der Waals surface area (Å²) in [6.45, 7) is 0. The molecule has 0 unspecified atom stereocenters. The van der Waals surface area contributed by atoms with Crippen LogP contribution >= 0.6 is 0 Å². The molecule has 2 heterocycles. The molecule has 0 aliphatic heterocycles. The maximum Gasteiger partial charge on any atom is 0.0645 e. The van der Waals surface area contributed by atoms with Gasteiger partial charge in [0.1, 0.15) is 0 Å². The van der Waals surface area contributed by atoms with Crippen molar-refractivity contribution in [2.24, 2.45) is 0 Å². The molecule has 0 atom stereocenters. The van der Waals surface area contributed by atoms with Crippen LogP contribution in [0.3, 0.4) is 0 Å². The van der Waals surface area contributed by atoms with Crippen LogP contribution in [0.2, 0.25) is 0 Å². The highest BCUT2D eigenvalue weighted by molar-refractivity contribution is 6.12. The fourth-order valence-electron chi connectivity index (χ4n) is 6.73. The lowest BCUT2D eigenvalue weighted by Gasteiger charge is -2.11. The highest BCUT2D eigenvalue weighted by atomic mass is 15.0. The average Bonchev–Trinajstić information content (AvgIpc) is 3.87. The second-order valence-corrected chi connectivity index (χ2v) is 12.0. The molecule has 0 N–H and O–H groups in total. The van der Waals surface area contributed by atoms with Crippen molar-refractivity contribution >= 4 is 43.6 Å². The SMILES string of the molecule is [2H]c1c([2H])c([2H])c2c(c1[2H])c1c([2H])c(-c3c([2H])c([2H])c4c(c3[2H])c3c([2H])c([2H])c([2H])c([2H])c3n4-c3ccccc3)cc([2H])c1n2-c1ccc(-c2ccc(-c3ccccc3)cc2)cc1. The van der Waals surface area contributed by atoms with Gasteiger partial charge in [-0.15, -0.1) is 0 Å². The first-order valence-electron chi connectivity index (χ1n) is 22.6. The zero-order valence-corrected chi connectivity index (χ0v) is 26.4. The monoisotopic (exact) mass is 649 g/mol. The van der Waals surface area contributed by atoms with Gasteiger partial charge >= 0.3 is 0 Å². The van der Waals surface area contributed by atoms with Crippen LogP contribution in [0.15, 0.2) is 194 Å². The van der Waals surface area contributed by atoms with Gasteiger partial charge in [0.2, 0.25) is 0 Å². The Morgan fingerprint density at radius 3 is 1.34 bits per heavy atom. The van der Waals surface area contributed by atoms with Crippen LogP contribution in [0, 0.1) is 0 Å². The Morgan fingerprint density at radius 2 is 0.740 bits per heavy atom. The van der Waals surface area contributed by atoms with Gasteiger partial charge in [-0.05, 0) is 93.9 Å². The minimum atomic E-state index is -0.547. The van der Waals surface area contributed by atoms with E-state index in [1.807, 2.05) is 66.7 Å². The average molecular weight is 650 g/mol. The molecule has 0 aliphatic rings. The Hall–Kier alpha value is -6.64. The Balaban J connectivity index is 1.24. The Bertz CT molecular complexity index is 3560. The number of hydrogen-bond acceptors (Lipinski definition) is 0. The van der Waals surface area contributed by atoms with Gasteiger partial charge in [0.15, 0.2) is 0 Å². The van der Waals surface area contributed by atoms with Gasteiger partial charge in [0.05, 0.1) is 39.9 Å². The normalized spacial score (nSPS) is 15.2. The molecule has 0 amide bonds. The van der Waals surface area contributed by atoms with Gasteiger partial charge < -0.3 is 9.13 Å². The van der Waals surface area contributed by atoms with E-state index in [9.17, 15) is 6.85 Å². The fourth-order valence-corrected chi connectivity index (χ4v) is 6.73. The largest absolute Gasteiger partial charge is 0.309 e. The van der Waals surface area contributed by atoms with E-state index in [1.165, 1.54) is 10.6 Å². The van der Waals surface area contributed by atoms with Crippen LogP contribution in [0.1, 0.15) is 17.8 Å². The summed E-state index contributed by atoms with van der Waals surface area (Å²) in [5.74, 6) is 0. The first kappa shape index (κ1) is 18.2. The number of fused-ring (bicyclic) bond motifs is 6. The molecule has 0 saturated heterocycles. The highest BCUT2D eigenvalue weighted by Crippen LogP contribution is 2.38. The second-order valence-electron chi connectivity index (χ2n) is 12.0. The fraction of sp³-hybridized carbons (Fsp3) is 0. The smallest absolute Gasteiger partial charge is 0.0645 e. The third-order valence-electron chi connectivity index (χ3n) is 9.11. The molecule has 0 spiro atoms. The van der Waals surface area contributed by atoms with Gasteiger partial charge in [-0.3, -0.25) is 0 Å².